The van der Waals surface area contributed by atoms with Crippen LogP contribution in [-0.2, 0) is 14.8 Å². The van der Waals surface area contributed by atoms with E-state index in [0.717, 1.165) is 12.8 Å². The van der Waals surface area contributed by atoms with Gasteiger partial charge >= 0.3 is 5.97 Å². The first-order valence-electron chi connectivity index (χ1n) is 8.80. The van der Waals surface area contributed by atoms with E-state index in [1.54, 1.807) is 24.3 Å². The molecule has 2 aliphatic rings. The maximum Gasteiger partial charge on any atom is 0.308 e. The number of carboxylic acid groups (broad SMARTS) is 1. The first-order valence-corrected chi connectivity index (χ1v) is 10.2. The molecule has 3 rings (SSSR count). The van der Waals surface area contributed by atoms with Gasteiger partial charge in [-0.05, 0) is 55.9 Å². The van der Waals surface area contributed by atoms with Gasteiger partial charge in [0.25, 0.3) is 0 Å². The molecule has 1 N–H and O–H groups in total. The van der Waals surface area contributed by atoms with Crippen LogP contribution in [0.5, 0.6) is 5.75 Å². The van der Waals surface area contributed by atoms with E-state index in [0.29, 0.717) is 31.1 Å². The van der Waals surface area contributed by atoms with Crippen molar-refractivity contribution < 1.29 is 23.1 Å². The zero-order valence-electron chi connectivity index (χ0n) is 14.6. The van der Waals surface area contributed by atoms with Gasteiger partial charge in [-0.1, -0.05) is 13.8 Å². The molecule has 0 saturated carbocycles. The molecule has 0 amide bonds. The Balaban J connectivity index is 1.74. The fraction of sp³-hybridized carbons (Fsp3) is 0.611. The van der Waals surface area contributed by atoms with Gasteiger partial charge in [-0.25, -0.2) is 8.42 Å². The van der Waals surface area contributed by atoms with E-state index in [1.165, 1.54) is 4.31 Å². The number of aliphatic carboxylic acids is 1. The van der Waals surface area contributed by atoms with E-state index in [1.807, 2.05) is 0 Å². The van der Waals surface area contributed by atoms with Crippen LogP contribution in [0.15, 0.2) is 29.2 Å². The van der Waals surface area contributed by atoms with Crippen molar-refractivity contribution >= 4 is 16.0 Å². The summed E-state index contributed by atoms with van der Waals surface area (Å²) in [6, 6.07) is 5.81. The Kier molecular flexibility index (Phi) is 5.06. The van der Waals surface area contributed by atoms with E-state index >= 15 is 0 Å². The number of ether oxygens (including phenoxy) is 1. The number of carbonyl (C=O) groups is 1. The molecule has 7 heteroatoms. The molecule has 0 aromatic heterocycles. The number of sulfonamides is 1. The quantitative estimate of drug-likeness (QED) is 0.801. The van der Waals surface area contributed by atoms with Gasteiger partial charge in [-0.3, -0.25) is 4.79 Å². The molecular weight excluding hydrogens is 342 g/mol. The second kappa shape index (κ2) is 6.96. The van der Waals surface area contributed by atoms with Crippen molar-refractivity contribution in [3.8, 4) is 5.75 Å². The molecule has 0 aliphatic carbocycles. The van der Waals surface area contributed by atoms with Gasteiger partial charge in [-0.15, -0.1) is 0 Å². The minimum absolute atomic E-state index is 0.196. The Labute approximate surface area is 148 Å². The van der Waals surface area contributed by atoms with E-state index in [2.05, 4.69) is 13.8 Å². The number of nitrogens with zero attached hydrogens (tertiary/aromatic N) is 1. The van der Waals surface area contributed by atoms with Crippen molar-refractivity contribution in [1.82, 2.24) is 4.31 Å². The molecule has 6 nitrogen and oxygen atoms in total. The summed E-state index contributed by atoms with van der Waals surface area (Å²) in [5, 5.41) is 9.31. The van der Waals surface area contributed by atoms with Crippen LogP contribution in [0.3, 0.4) is 0 Å². The summed E-state index contributed by atoms with van der Waals surface area (Å²) in [6.07, 6.45) is 2.71. The Morgan fingerprint density at radius 3 is 2.52 bits per heavy atom. The second-order valence-corrected chi connectivity index (χ2v) is 9.16. The van der Waals surface area contributed by atoms with Crippen molar-refractivity contribution in [3.63, 3.8) is 0 Å². The van der Waals surface area contributed by atoms with Gasteiger partial charge in [-0.2, -0.15) is 4.31 Å². The van der Waals surface area contributed by atoms with Crippen LogP contribution >= 0.6 is 0 Å². The number of hydrogen-bond acceptors (Lipinski definition) is 4. The fourth-order valence-electron chi connectivity index (χ4n) is 3.82. The topological polar surface area (TPSA) is 83.9 Å². The summed E-state index contributed by atoms with van der Waals surface area (Å²) in [7, 11) is -3.68. The molecule has 1 aromatic rings. The maximum atomic E-state index is 13.0. The van der Waals surface area contributed by atoms with E-state index < -0.39 is 28.0 Å². The van der Waals surface area contributed by atoms with E-state index in [9.17, 15) is 18.3 Å². The second-order valence-electron chi connectivity index (χ2n) is 7.32. The molecule has 2 aliphatic heterocycles. The van der Waals surface area contributed by atoms with Gasteiger partial charge < -0.3 is 9.84 Å². The minimum Gasteiger partial charge on any atom is -0.494 e. The highest BCUT2D eigenvalue weighted by atomic mass is 32.2. The Morgan fingerprint density at radius 2 is 1.96 bits per heavy atom. The van der Waals surface area contributed by atoms with Crippen molar-refractivity contribution in [2.24, 2.45) is 11.8 Å². The molecule has 2 bridgehead atoms. The molecule has 0 spiro atoms. The average molecular weight is 367 g/mol. The number of hydrogen-bond donors (Lipinski definition) is 1. The molecule has 25 heavy (non-hydrogen) atoms. The molecule has 1 aromatic carbocycles. The standard InChI is InChI=1S/C18H25NO5S/c1-12(2)9-10-24-14-4-6-15(7-5-14)25(22,23)19-13-3-8-17(19)16(11-13)18(20)21/h4-7,12-13,16-17H,3,8-11H2,1-2H3,(H,20,21). The lowest BCUT2D eigenvalue weighted by Gasteiger charge is -2.22. The third kappa shape index (κ3) is 3.53. The maximum absolute atomic E-state index is 13.0. The summed E-state index contributed by atoms with van der Waals surface area (Å²) >= 11 is 0. The smallest absolute Gasteiger partial charge is 0.308 e. The predicted octanol–water partition coefficient (Wildman–Crippen LogP) is 2.74. The monoisotopic (exact) mass is 367 g/mol. The molecule has 3 unspecified atom stereocenters. The number of fused-ring (bicyclic) bond motifs is 2. The fourth-order valence-corrected chi connectivity index (χ4v) is 5.74. The highest BCUT2D eigenvalue weighted by Crippen LogP contribution is 2.45. The normalized spacial score (nSPS) is 26.3. The first-order chi connectivity index (χ1) is 11.8. The van der Waals surface area contributed by atoms with Gasteiger partial charge in [0.2, 0.25) is 10.0 Å². The third-order valence-electron chi connectivity index (χ3n) is 5.15. The highest BCUT2D eigenvalue weighted by Gasteiger charge is 2.54. The highest BCUT2D eigenvalue weighted by molar-refractivity contribution is 7.89. The molecule has 3 atom stereocenters. The average Bonchev–Trinajstić information content (AvgIpc) is 3.14. The van der Waals surface area contributed by atoms with Crippen LogP contribution < -0.4 is 4.74 Å². The zero-order chi connectivity index (χ0) is 18.2. The van der Waals surface area contributed by atoms with Gasteiger partial charge in [0.1, 0.15) is 5.75 Å². The van der Waals surface area contributed by atoms with Gasteiger partial charge in [0.05, 0.1) is 17.4 Å². The minimum atomic E-state index is -3.68. The van der Waals surface area contributed by atoms with E-state index in [4.69, 9.17) is 4.74 Å². The molecule has 2 fully saturated rings. The summed E-state index contributed by atoms with van der Waals surface area (Å²) in [4.78, 5) is 11.6. The van der Waals surface area contributed by atoms with Gasteiger partial charge in [0.15, 0.2) is 0 Å². The largest absolute Gasteiger partial charge is 0.494 e. The molecule has 2 saturated heterocycles. The first kappa shape index (κ1) is 18.2. The molecule has 2 heterocycles. The van der Waals surface area contributed by atoms with Crippen molar-refractivity contribution in [2.75, 3.05) is 6.61 Å². The number of rotatable bonds is 7. The summed E-state index contributed by atoms with van der Waals surface area (Å²) in [5.74, 6) is -0.298. The van der Waals surface area contributed by atoms with Crippen LogP contribution in [0.25, 0.3) is 0 Å². The third-order valence-corrected chi connectivity index (χ3v) is 7.15. The Bertz CT molecular complexity index is 728. The van der Waals surface area contributed by atoms with E-state index in [-0.39, 0.29) is 10.9 Å². The molecule has 0 radical (unpaired) electrons. The SMILES string of the molecule is CC(C)CCOc1ccc(S(=O)(=O)N2C3CCC2C(C(=O)O)C3)cc1. The Hall–Kier alpha value is -1.60. The number of carboxylic acids is 1. The van der Waals surface area contributed by atoms with Crippen LogP contribution in [0.1, 0.15) is 39.5 Å². The van der Waals surface area contributed by atoms with Gasteiger partial charge in [0, 0.05) is 12.1 Å². The molecule has 138 valence electrons. The lowest BCUT2D eigenvalue weighted by molar-refractivity contribution is -0.142. The van der Waals surface area contributed by atoms with Crippen LogP contribution in [0.2, 0.25) is 0 Å². The summed E-state index contributed by atoms with van der Waals surface area (Å²) in [6.45, 7) is 4.84. The van der Waals surface area contributed by atoms with Crippen LogP contribution in [0, 0.1) is 11.8 Å². The van der Waals surface area contributed by atoms with Crippen molar-refractivity contribution in [2.45, 2.75) is 56.5 Å². The van der Waals surface area contributed by atoms with Crippen LogP contribution in [-0.4, -0.2) is 42.5 Å². The molecular formula is C18H25NO5S. The van der Waals surface area contributed by atoms with Crippen LogP contribution in [0.4, 0.5) is 0 Å². The predicted molar refractivity (Wildman–Crippen MR) is 93.0 cm³/mol. The number of benzene rings is 1. The summed E-state index contributed by atoms with van der Waals surface area (Å²) in [5.41, 5.74) is 0. The Morgan fingerprint density at radius 1 is 1.28 bits per heavy atom. The van der Waals surface area contributed by atoms with Crippen molar-refractivity contribution in [1.29, 1.82) is 0 Å². The lowest BCUT2D eigenvalue weighted by Crippen LogP contribution is -2.37. The summed E-state index contributed by atoms with van der Waals surface area (Å²) < 4.78 is 33.0. The zero-order valence-corrected chi connectivity index (χ0v) is 15.4. The van der Waals surface area contributed by atoms with Crippen molar-refractivity contribution in [3.05, 3.63) is 24.3 Å². The lowest BCUT2D eigenvalue weighted by atomic mass is 9.89.